The number of hydrazine groups is 1. The molecule has 2 aromatic rings. The molecule has 3 nitrogen and oxygen atoms in total. The summed E-state index contributed by atoms with van der Waals surface area (Å²) in [5, 5.41) is 1.61. The number of rotatable bonds is 2. The number of hydrogen-bond acceptors (Lipinski definition) is 3. The van der Waals surface area contributed by atoms with Gasteiger partial charge >= 0.3 is 0 Å². The lowest BCUT2D eigenvalue weighted by molar-refractivity contribution is 1.08. The van der Waals surface area contributed by atoms with Crippen molar-refractivity contribution < 1.29 is 0 Å². The fraction of sp³-hybridized carbons (Fsp3) is 0.143. The van der Waals surface area contributed by atoms with Crippen LogP contribution in [0.2, 0.25) is 0 Å². The summed E-state index contributed by atoms with van der Waals surface area (Å²) in [6.07, 6.45) is 0. The zero-order valence-corrected chi connectivity index (χ0v) is 10.1. The van der Waals surface area contributed by atoms with E-state index in [1.54, 1.807) is 5.01 Å². The number of hydrogen-bond donors (Lipinski definition) is 2. The van der Waals surface area contributed by atoms with E-state index in [0.29, 0.717) is 0 Å². The highest BCUT2D eigenvalue weighted by molar-refractivity contribution is 5.77. The Balaban J connectivity index is 2.45. The Morgan fingerprint density at radius 1 is 0.941 bits per heavy atom. The van der Waals surface area contributed by atoms with Crippen LogP contribution < -0.4 is 16.6 Å². The third-order valence-electron chi connectivity index (χ3n) is 3.06. The van der Waals surface area contributed by atoms with Gasteiger partial charge in [-0.25, -0.2) is 5.84 Å². The van der Waals surface area contributed by atoms with Crippen molar-refractivity contribution in [2.24, 2.45) is 5.84 Å². The lowest BCUT2D eigenvalue weighted by atomic mass is 10.1. The van der Waals surface area contributed by atoms with Crippen molar-refractivity contribution in [2.45, 2.75) is 13.8 Å². The Kier molecular flexibility index (Phi) is 3.02. The van der Waals surface area contributed by atoms with Crippen LogP contribution in [0.4, 0.5) is 17.1 Å². The molecule has 3 heteroatoms. The van der Waals surface area contributed by atoms with E-state index < -0.39 is 0 Å². The Morgan fingerprint density at radius 2 is 1.59 bits per heavy atom. The van der Waals surface area contributed by atoms with Crippen LogP contribution in [0.1, 0.15) is 11.1 Å². The van der Waals surface area contributed by atoms with Crippen LogP contribution in [-0.2, 0) is 0 Å². The maximum Gasteiger partial charge on any atom is 0.0807 e. The Hall–Kier alpha value is -2.00. The molecule has 0 bridgehead atoms. The molecule has 0 unspecified atom stereocenters. The number of nitrogens with zero attached hydrogens (tertiary/aromatic N) is 1. The van der Waals surface area contributed by atoms with Gasteiger partial charge in [0.15, 0.2) is 0 Å². The minimum atomic E-state index is 0.733. The Labute approximate surface area is 102 Å². The molecular formula is C14H17N3. The normalized spacial score (nSPS) is 10.3. The standard InChI is InChI=1S/C14H17N3/c1-10-8-9-13(14(15)11(10)2)17(16)12-6-4-3-5-7-12/h3-9H,15-16H2,1-2H3. The molecule has 0 fully saturated rings. The van der Waals surface area contributed by atoms with Gasteiger partial charge in [0, 0.05) is 0 Å². The summed E-state index contributed by atoms with van der Waals surface area (Å²) >= 11 is 0. The van der Waals surface area contributed by atoms with E-state index in [1.165, 1.54) is 5.56 Å². The van der Waals surface area contributed by atoms with Crippen LogP contribution in [0.5, 0.6) is 0 Å². The van der Waals surface area contributed by atoms with Crippen molar-refractivity contribution in [1.29, 1.82) is 0 Å². The molecule has 17 heavy (non-hydrogen) atoms. The van der Waals surface area contributed by atoms with E-state index in [2.05, 4.69) is 0 Å². The van der Waals surface area contributed by atoms with Crippen molar-refractivity contribution in [2.75, 3.05) is 10.7 Å². The molecule has 88 valence electrons. The molecule has 2 rings (SSSR count). The molecule has 0 saturated carbocycles. The average molecular weight is 227 g/mol. The zero-order chi connectivity index (χ0) is 12.4. The summed E-state index contributed by atoms with van der Waals surface area (Å²) in [6.45, 7) is 4.05. The van der Waals surface area contributed by atoms with Gasteiger partial charge in [-0.05, 0) is 43.2 Å². The quantitative estimate of drug-likeness (QED) is 0.471. The fourth-order valence-corrected chi connectivity index (χ4v) is 1.76. The number of benzene rings is 2. The topological polar surface area (TPSA) is 55.3 Å². The minimum Gasteiger partial charge on any atom is -0.397 e. The van der Waals surface area contributed by atoms with Gasteiger partial charge in [0.25, 0.3) is 0 Å². The third kappa shape index (κ3) is 2.10. The van der Waals surface area contributed by atoms with Crippen LogP contribution in [0.3, 0.4) is 0 Å². The van der Waals surface area contributed by atoms with Crippen LogP contribution >= 0.6 is 0 Å². The monoisotopic (exact) mass is 227 g/mol. The van der Waals surface area contributed by atoms with E-state index in [-0.39, 0.29) is 0 Å². The van der Waals surface area contributed by atoms with E-state index in [4.69, 9.17) is 11.6 Å². The van der Waals surface area contributed by atoms with Gasteiger partial charge in [0.05, 0.1) is 17.1 Å². The number of nitrogens with two attached hydrogens (primary N) is 2. The van der Waals surface area contributed by atoms with Crippen molar-refractivity contribution in [3.05, 3.63) is 53.6 Å². The third-order valence-corrected chi connectivity index (χ3v) is 3.06. The molecule has 4 N–H and O–H groups in total. The number of aryl methyl sites for hydroxylation is 1. The van der Waals surface area contributed by atoms with Crippen molar-refractivity contribution in [1.82, 2.24) is 0 Å². The molecule has 2 aromatic carbocycles. The SMILES string of the molecule is Cc1ccc(N(N)c2ccccc2)c(N)c1C. The van der Waals surface area contributed by atoms with Crippen LogP contribution in [0, 0.1) is 13.8 Å². The van der Waals surface area contributed by atoms with Gasteiger partial charge < -0.3 is 5.73 Å². The van der Waals surface area contributed by atoms with Gasteiger partial charge in [-0.3, -0.25) is 5.01 Å². The Morgan fingerprint density at radius 3 is 2.24 bits per heavy atom. The molecule has 0 aromatic heterocycles. The number of para-hydroxylation sites is 1. The predicted octanol–water partition coefficient (Wildman–Crippen LogP) is 2.90. The van der Waals surface area contributed by atoms with Crippen molar-refractivity contribution in [3.63, 3.8) is 0 Å². The zero-order valence-electron chi connectivity index (χ0n) is 10.1. The predicted molar refractivity (Wildman–Crippen MR) is 73.1 cm³/mol. The van der Waals surface area contributed by atoms with Gasteiger partial charge in [0.2, 0.25) is 0 Å². The summed E-state index contributed by atoms with van der Waals surface area (Å²) in [7, 11) is 0. The summed E-state index contributed by atoms with van der Waals surface area (Å²) in [5.74, 6) is 6.09. The maximum atomic E-state index is 6.10. The van der Waals surface area contributed by atoms with Crippen LogP contribution in [0.25, 0.3) is 0 Å². The van der Waals surface area contributed by atoms with Gasteiger partial charge in [-0.2, -0.15) is 0 Å². The second kappa shape index (κ2) is 4.47. The first-order valence-electron chi connectivity index (χ1n) is 5.57. The molecule has 0 aliphatic carbocycles. The number of anilines is 3. The molecule has 0 saturated heterocycles. The van der Waals surface area contributed by atoms with E-state index in [1.807, 2.05) is 56.3 Å². The molecule has 0 radical (unpaired) electrons. The molecule has 0 aliphatic heterocycles. The highest BCUT2D eigenvalue weighted by Gasteiger charge is 2.10. The highest BCUT2D eigenvalue weighted by Crippen LogP contribution is 2.31. The van der Waals surface area contributed by atoms with Crippen LogP contribution in [0.15, 0.2) is 42.5 Å². The second-order valence-corrected chi connectivity index (χ2v) is 4.15. The second-order valence-electron chi connectivity index (χ2n) is 4.15. The first kappa shape index (κ1) is 11.5. The smallest absolute Gasteiger partial charge is 0.0807 e. The van der Waals surface area contributed by atoms with Gasteiger partial charge in [0.1, 0.15) is 0 Å². The molecule has 0 spiro atoms. The van der Waals surface area contributed by atoms with Gasteiger partial charge in [-0.1, -0.05) is 24.3 Å². The molecule has 0 heterocycles. The molecule has 0 atom stereocenters. The van der Waals surface area contributed by atoms with Crippen molar-refractivity contribution >= 4 is 17.1 Å². The number of nitrogen functional groups attached to an aromatic ring is 1. The van der Waals surface area contributed by atoms with Gasteiger partial charge in [-0.15, -0.1) is 0 Å². The first-order valence-corrected chi connectivity index (χ1v) is 5.57. The lowest BCUT2D eigenvalue weighted by Crippen LogP contribution is -2.26. The molecule has 0 aliphatic rings. The van der Waals surface area contributed by atoms with Crippen LogP contribution in [-0.4, -0.2) is 0 Å². The minimum absolute atomic E-state index is 0.733. The summed E-state index contributed by atoms with van der Waals surface area (Å²) in [4.78, 5) is 0. The largest absolute Gasteiger partial charge is 0.397 e. The summed E-state index contributed by atoms with van der Waals surface area (Å²) in [6, 6.07) is 13.7. The van der Waals surface area contributed by atoms with E-state index in [9.17, 15) is 0 Å². The summed E-state index contributed by atoms with van der Waals surface area (Å²) < 4.78 is 0. The highest BCUT2D eigenvalue weighted by atomic mass is 15.4. The van der Waals surface area contributed by atoms with E-state index >= 15 is 0 Å². The molecular weight excluding hydrogens is 210 g/mol. The molecule has 0 amide bonds. The first-order chi connectivity index (χ1) is 8.11. The van der Waals surface area contributed by atoms with Crippen molar-refractivity contribution in [3.8, 4) is 0 Å². The Bertz CT molecular complexity index is 520. The van der Waals surface area contributed by atoms with E-state index in [0.717, 1.165) is 22.6 Å². The maximum absolute atomic E-state index is 6.10. The average Bonchev–Trinajstić information content (AvgIpc) is 2.36. The fourth-order valence-electron chi connectivity index (χ4n) is 1.76. The summed E-state index contributed by atoms with van der Waals surface area (Å²) in [5.41, 5.74) is 10.8. The lowest BCUT2D eigenvalue weighted by Gasteiger charge is -2.22.